The maximum absolute atomic E-state index is 12.7. The minimum absolute atomic E-state index is 0.0120. The summed E-state index contributed by atoms with van der Waals surface area (Å²) in [5.41, 5.74) is 2.19. The Balaban J connectivity index is 1.36. The summed E-state index contributed by atoms with van der Waals surface area (Å²) in [5, 5.41) is 2.87. The highest BCUT2D eigenvalue weighted by molar-refractivity contribution is 5.86. The van der Waals surface area contributed by atoms with Crippen LogP contribution in [0.25, 0.3) is 0 Å². The fourth-order valence-electron chi connectivity index (χ4n) is 5.25. The summed E-state index contributed by atoms with van der Waals surface area (Å²) in [7, 11) is 4.30. The summed E-state index contributed by atoms with van der Waals surface area (Å²) in [5.74, 6) is -0.0488. The fraction of sp³-hybridized carbons (Fsp3) is 0.500. The molecule has 1 aromatic heterocycles. The molecule has 2 aromatic rings. The van der Waals surface area contributed by atoms with Gasteiger partial charge in [-0.15, -0.1) is 0 Å². The minimum atomic E-state index is -0.142. The van der Waals surface area contributed by atoms with Crippen LogP contribution in [0.2, 0.25) is 0 Å². The summed E-state index contributed by atoms with van der Waals surface area (Å²) in [4.78, 5) is 37.1. The van der Waals surface area contributed by atoms with Crippen molar-refractivity contribution in [3.05, 3.63) is 60.2 Å². The quantitative estimate of drug-likeness (QED) is 0.775. The van der Waals surface area contributed by atoms with Crippen molar-refractivity contribution in [3.8, 4) is 0 Å². The molecule has 4 rings (SSSR count). The number of nitrogens with one attached hydrogen (secondary N) is 1. The molecule has 0 bridgehead atoms. The maximum atomic E-state index is 12.7. The molecule has 1 spiro atoms. The average Bonchev–Trinajstić information content (AvgIpc) is 3.08. The number of rotatable bonds is 6. The van der Waals surface area contributed by atoms with Crippen molar-refractivity contribution >= 4 is 11.8 Å². The Bertz CT molecular complexity index is 908. The molecule has 2 fully saturated rings. The molecule has 1 aromatic carbocycles. The largest absolute Gasteiger partial charge is 0.350 e. The highest BCUT2D eigenvalue weighted by Gasteiger charge is 2.50. The first kappa shape index (κ1) is 21.4. The van der Waals surface area contributed by atoms with Crippen LogP contribution in [0.4, 0.5) is 0 Å². The number of aromatic nitrogens is 2. The lowest BCUT2D eigenvalue weighted by atomic mass is 9.64. The van der Waals surface area contributed by atoms with Crippen molar-refractivity contribution in [1.82, 2.24) is 25.1 Å². The molecule has 1 N–H and O–H groups in total. The summed E-state index contributed by atoms with van der Waals surface area (Å²) < 4.78 is 0. The van der Waals surface area contributed by atoms with Crippen LogP contribution in [-0.2, 0) is 21.7 Å². The van der Waals surface area contributed by atoms with Crippen molar-refractivity contribution in [2.45, 2.75) is 44.2 Å². The van der Waals surface area contributed by atoms with Gasteiger partial charge in [-0.1, -0.05) is 30.3 Å². The third-order valence-corrected chi connectivity index (χ3v) is 7.15. The Kier molecular flexibility index (Phi) is 6.05. The van der Waals surface area contributed by atoms with Crippen molar-refractivity contribution in [2.24, 2.45) is 5.41 Å². The molecular weight excluding hydrogens is 390 g/mol. The molecule has 1 aliphatic heterocycles. The van der Waals surface area contributed by atoms with E-state index < -0.39 is 0 Å². The van der Waals surface area contributed by atoms with Gasteiger partial charge in [0.05, 0.1) is 6.54 Å². The van der Waals surface area contributed by atoms with E-state index in [1.165, 1.54) is 11.9 Å². The predicted octanol–water partition coefficient (Wildman–Crippen LogP) is 2.34. The van der Waals surface area contributed by atoms with Gasteiger partial charge in [0, 0.05) is 43.0 Å². The van der Waals surface area contributed by atoms with E-state index in [1.807, 2.05) is 0 Å². The lowest BCUT2D eigenvalue weighted by Gasteiger charge is -2.48. The van der Waals surface area contributed by atoms with E-state index in [1.54, 1.807) is 17.3 Å². The molecule has 31 heavy (non-hydrogen) atoms. The van der Waals surface area contributed by atoms with Gasteiger partial charge in [-0.2, -0.15) is 0 Å². The zero-order valence-electron chi connectivity index (χ0n) is 18.4. The fourth-order valence-corrected chi connectivity index (χ4v) is 5.25. The number of benzene rings is 1. The Hall–Kier alpha value is -2.80. The van der Waals surface area contributed by atoms with Crippen molar-refractivity contribution < 1.29 is 9.59 Å². The Morgan fingerprint density at radius 2 is 1.77 bits per heavy atom. The van der Waals surface area contributed by atoms with E-state index in [4.69, 9.17) is 0 Å². The third-order valence-electron chi connectivity index (χ3n) is 7.15. The molecule has 0 radical (unpaired) electrons. The zero-order valence-corrected chi connectivity index (χ0v) is 18.4. The van der Waals surface area contributed by atoms with E-state index in [2.05, 4.69) is 64.6 Å². The lowest BCUT2D eigenvalue weighted by Crippen LogP contribution is -2.47. The van der Waals surface area contributed by atoms with Crippen LogP contribution in [0.15, 0.2) is 49.1 Å². The average molecular weight is 422 g/mol. The molecule has 0 unspecified atom stereocenters. The van der Waals surface area contributed by atoms with Gasteiger partial charge in [0.25, 0.3) is 0 Å². The van der Waals surface area contributed by atoms with Gasteiger partial charge >= 0.3 is 0 Å². The first-order chi connectivity index (χ1) is 14.9. The summed E-state index contributed by atoms with van der Waals surface area (Å²) in [6, 6.07) is 10.7. The van der Waals surface area contributed by atoms with Crippen LogP contribution in [0.3, 0.4) is 0 Å². The standard InChI is InChI=1S/C24H31N5O2/c1-28(2)24(20-6-4-3-5-7-20)10-8-23(9-11-24)12-22(31)29(17-23)16-21(30)27-15-19-13-25-18-26-14-19/h3-7,13-14,18H,8-12,15-17H2,1-2H3,(H,27,30)/t23-,24-. The lowest BCUT2D eigenvalue weighted by molar-refractivity contribution is -0.133. The number of likely N-dealkylation sites (tertiary alicyclic amines) is 1. The molecule has 7 heteroatoms. The van der Waals surface area contributed by atoms with Crippen LogP contribution < -0.4 is 5.32 Å². The second kappa shape index (κ2) is 8.75. The molecule has 1 aliphatic carbocycles. The monoisotopic (exact) mass is 421 g/mol. The number of hydrogen-bond donors (Lipinski definition) is 1. The Labute approximate surface area is 183 Å². The second-order valence-corrected chi connectivity index (χ2v) is 9.24. The highest BCUT2D eigenvalue weighted by Crippen LogP contribution is 2.52. The molecule has 7 nitrogen and oxygen atoms in total. The topological polar surface area (TPSA) is 78.4 Å². The van der Waals surface area contributed by atoms with E-state index in [-0.39, 0.29) is 29.3 Å². The van der Waals surface area contributed by atoms with Crippen LogP contribution in [0, 0.1) is 5.41 Å². The second-order valence-electron chi connectivity index (χ2n) is 9.24. The zero-order chi connectivity index (χ0) is 21.9. The first-order valence-corrected chi connectivity index (χ1v) is 10.9. The molecule has 1 saturated carbocycles. The SMILES string of the molecule is CN(C)[C@]1(c2ccccc2)CC[C@@]2(CC1)CC(=O)N(CC(=O)NCc1cncnc1)C2. The Morgan fingerprint density at radius 3 is 2.42 bits per heavy atom. The van der Waals surface area contributed by atoms with Gasteiger partial charge in [-0.25, -0.2) is 9.97 Å². The van der Waals surface area contributed by atoms with Gasteiger partial charge in [-0.05, 0) is 50.8 Å². The number of amides is 2. The Morgan fingerprint density at radius 1 is 1.10 bits per heavy atom. The smallest absolute Gasteiger partial charge is 0.239 e. The van der Waals surface area contributed by atoms with Gasteiger partial charge in [0.15, 0.2) is 0 Å². The molecule has 2 heterocycles. The molecule has 1 saturated heterocycles. The van der Waals surface area contributed by atoms with Gasteiger partial charge in [0.2, 0.25) is 11.8 Å². The number of carbonyl (C=O) groups excluding carboxylic acids is 2. The summed E-state index contributed by atoms with van der Waals surface area (Å²) in [6.07, 6.45) is 9.38. The van der Waals surface area contributed by atoms with Crippen molar-refractivity contribution in [2.75, 3.05) is 27.2 Å². The van der Waals surface area contributed by atoms with Crippen LogP contribution in [0.5, 0.6) is 0 Å². The van der Waals surface area contributed by atoms with E-state index in [9.17, 15) is 9.59 Å². The highest BCUT2D eigenvalue weighted by atomic mass is 16.2. The number of carbonyl (C=O) groups is 2. The molecular formula is C24H31N5O2. The number of hydrogen-bond acceptors (Lipinski definition) is 5. The van der Waals surface area contributed by atoms with Gasteiger partial charge in [-0.3, -0.25) is 14.5 Å². The third kappa shape index (κ3) is 4.46. The first-order valence-electron chi connectivity index (χ1n) is 10.9. The molecule has 164 valence electrons. The molecule has 2 aliphatic rings. The summed E-state index contributed by atoms with van der Waals surface area (Å²) >= 11 is 0. The maximum Gasteiger partial charge on any atom is 0.239 e. The van der Waals surface area contributed by atoms with E-state index >= 15 is 0 Å². The number of nitrogens with zero attached hydrogens (tertiary/aromatic N) is 4. The van der Waals surface area contributed by atoms with Gasteiger partial charge < -0.3 is 10.2 Å². The predicted molar refractivity (Wildman–Crippen MR) is 118 cm³/mol. The van der Waals surface area contributed by atoms with Crippen molar-refractivity contribution in [1.29, 1.82) is 0 Å². The van der Waals surface area contributed by atoms with Crippen LogP contribution in [0.1, 0.15) is 43.2 Å². The van der Waals surface area contributed by atoms with Crippen LogP contribution in [-0.4, -0.2) is 58.8 Å². The summed E-state index contributed by atoms with van der Waals surface area (Å²) in [6.45, 7) is 1.16. The van der Waals surface area contributed by atoms with Gasteiger partial charge in [0.1, 0.15) is 6.33 Å². The van der Waals surface area contributed by atoms with Crippen molar-refractivity contribution in [3.63, 3.8) is 0 Å². The normalized spacial score (nSPS) is 25.9. The molecule has 2 amide bonds. The molecule has 0 atom stereocenters. The van der Waals surface area contributed by atoms with E-state index in [0.29, 0.717) is 19.5 Å². The minimum Gasteiger partial charge on any atom is -0.350 e. The van der Waals surface area contributed by atoms with Crippen LogP contribution >= 0.6 is 0 Å². The van der Waals surface area contributed by atoms with E-state index in [0.717, 1.165) is 31.2 Å².